The van der Waals surface area contributed by atoms with Gasteiger partial charge in [0.25, 0.3) is 0 Å². The van der Waals surface area contributed by atoms with E-state index in [1.165, 1.54) is 12.1 Å². The van der Waals surface area contributed by atoms with E-state index >= 15 is 0 Å². The third-order valence-corrected chi connectivity index (χ3v) is 5.70. The fourth-order valence-corrected chi connectivity index (χ4v) is 4.21. The summed E-state index contributed by atoms with van der Waals surface area (Å²) in [7, 11) is 0. The Morgan fingerprint density at radius 3 is 2.27 bits per heavy atom. The number of hydrogen-bond acceptors (Lipinski definition) is 4. The molecule has 160 valence electrons. The van der Waals surface area contributed by atoms with Gasteiger partial charge in [-0.25, -0.2) is 0 Å². The van der Waals surface area contributed by atoms with E-state index < -0.39 is 24.0 Å². The number of benzene rings is 2. The number of nitriles is 1. The van der Waals surface area contributed by atoms with E-state index in [0.29, 0.717) is 14.5 Å². The van der Waals surface area contributed by atoms with Gasteiger partial charge in [0.2, 0.25) is 0 Å². The highest BCUT2D eigenvalue weighted by atomic mass is 79.9. The molecular weight excluding hydrogens is 529 g/mol. The van der Waals surface area contributed by atoms with Crippen molar-refractivity contribution >= 4 is 37.6 Å². The predicted molar refractivity (Wildman–Crippen MR) is 114 cm³/mol. The molecule has 0 amide bonds. The number of aromatic hydroxyl groups is 1. The number of rotatable bonds is 8. The minimum Gasteiger partial charge on any atom is -0.506 e. The number of phenolic OH excluding ortho intramolecular Hbond substituents is 1. The van der Waals surface area contributed by atoms with Gasteiger partial charge in [0.1, 0.15) is 11.8 Å². The molecule has 2 rings (SSSR count). The summed E-state index contributed by atoms with van der Waals surface area (Å²) in [6, 6.07) is 7.64. The van der Waals surface area contributed by atoms with E-state index in [9.17, 15) is 23.1 Å². The van der Waals surface area contributed by atoms with Gasteiger partial charge in [-0.15, -0.1) is 0 Å². The van der Waals surface area contributed by atoms with Crippen molar-refractivity contribution in [1.82, 2.24) is 5.32 Å². The van der Waals surface area contributed by atoms with E-state index in [2.05, 4.69) is 37.2 Å². The summed E-state index contributed by atoms with van der Waals surface area (Å²) in [4.78, 5) is 12.6. The van der Waals surface area contributed by atoms with E-state index in [1.807, 2.05) is 6.07 Å². The Balaban J connectivity index is 2.38. The van der Waals surface area contributed by atoms with Crippen LogP contribution in [0.5, 0.6) is 5.75 Å². The zero-order chi connectivity index (χ0) is 22.5. The van der Waals surface area contributed by atoms with Crippen LogP contribution in [0.15, 0.2) is 45.3 Å². The van der Waals surface area contributed by atoms with Gasteiger partial charge in [-0.1, -0.05) is 29.8 Å². The van der Waals surface area contributed by atoms with Gasteiger partial charge in [-0.3, -0.25) is 10.1 Å². The zero-order valence-corrected chi connectivity index (χ0v) is 19.1. The Labute approximate surface area is 189 Å². The van der Waals surface area contributed by atoms with Crippen LogP contribution >= 0.6 is 31.9 Å². The van der Waals surface area contributed by atoms with Crippen molar-refractivity contribution < 1.29 is 23.1 Å². The molecule has 0 saturated heterocycles. The SMILES string of the molecule is Cc1ccc([C@H](N[C@@H](Cc2cc(Br)c(O)c(Br)c2)C(=O)CCC#N)C(F)(F)F)cc1. The van der Waals surface area contributed by atoms with Crippen molar-refractivity contribution in [3.8, 4) is 11.8 Å². The summed E-state index contributed by atoms with van der Waals surface area (Å²) in [5.74, 6) is -0.537. The van der Waals surface area contributed by atoms with Crippen LogP contribution in [0.4, 0.5) is 13.2 Å². The fraction of sp³-hybridized carbons (Fsp3) is 0.333. The maximum atomic E-state index is 13.8. The number of nitrogens with one attached hydrogen (secondary N) is 1. The summed E-state index contributed by atoms with van der Waals surface area (Å²) in [6.07, 6.45) is -4.91. The van der Waals surface area contributed by atoms with Crippen molar-refractivity contribution in [1.29, 1.82) is 5.26 Å². The highest BCUT2D eigenvalue weighted by molar-refractivity contribution is 9.11. The quantitative estimate of drug-likeness (QED) is 0.431. The van der Waals surface area contributed by atoms with Gasteiger partial charge in [0, 0.05) is 12.8 Å². The number of ketones is 1. The van der Waals surface area contributed by atoms with Gasteiger partial charge in [0.15, 0.2) is 5.78 Å². The molecule has 2 aromatic carbocycles. The summed E-state index contributed by atoms with van der Waals surface area (Å²) in [5, 5.41) is 21.1. The second kappa shape index (κ2) is 10.4. The standard InChI is InChI=1S/C21H19Br2F3N2O2/c1-12-4-6-14(7-5-12)20(21(24,25)26)28-17(18(29)3-2-8-27)11-13-9-15(22)19(30)16(23)10-13/h4-7,9-10,17,20,28,30H,2-3,11H2,1H3/t17-,20-/m0/s1. The van der Waals surface area contributed by atoms with Gasteiger partial charge < -0.3 is 5.11 Å². The van der Waals surface area contributed by atoms with Crippen LogP contribution in [0.1, 0.15) is 35.6 Å². The third-order valence-electron chi connectivity index (χ3n) is 4.49. The lowest BCUT2D eigenvalue weighted by Gasteiger charge is -2.27. The van der Waals surface area contributed by atoms with Crippen LogP contribution < -0.4 is 5.32 Å². The van der Waals surface area contributed by atoms with Crippen molar-refractivity contribution in [3.63, 3.8) is 0 Å². The smallest absolute Gasteiger partial charge is 0.407 e. The Kier molecular flexibility index (Phi) is 8.47. The number of hydrogen-bond donors (Lipinski definition) is 2. The number of Topliss-reactive ketones (excluding diaryl/α,β-unsaturated/α-hetero) is 1. The number of halogens is 5. The van der Waals surface area contributed by atoms with Crippen LogP contribution in [-0.2, 0) is 11.2 Å². The highest BCUT2D eigenvalue weighted by Crippen LogP contribution is 2.35. The van der Waals surface area contributed by atoms with Gasteiger partial charge in [0.05, 0.1) is 21.1 Å². The molecule has 0 bridgehead atoms. The van der Waals surface area contributed by atoms with Crippen LogP contribution in [-0.4, -0.2) is 23.1 Å². The molecule has 2 atom stereocenters. The molecule has 2 aromatic rings. The van der Waals surface area contributed by atoms with Crippen LogP contribution in [0, 0.1) is 18.3 Å². The molecule has 0 aromatic heterocycles. The van der Waals surface area contributed by atoms with E-state index in [-0.39, 0.29) is 30.6 Å². The summed E-state index contributed by atoms with van der Waals surface area (Å²) >= 11 is 6.37. The van der Waals surface area contributed by atoms with Crippen molar-refractivity contribution in [2.75, 3.05) is 0 Å². The van der Waals surface area contributed by atoms with Crippen molar-refractivity contribution in [2.24, 2.45) is 0 Å². The number of aryl methyl sites for hydroxylation is 1. The number of carbonyl (C=O) groups is 1. The molecule has 0 unspecified atom stereocenters. The molecule has 0 heterocycles. The molecule has 0 fully saturated rings. The maximum absolute atomic E-state index is 13.8. The minimum atomic E-state index is -4.63. The Bertz CT molecular complexity index is 918. The second-order valence-electron chi connectivity index (χ2n) is 6.84. The molecule has 30 heavy (non-hydrogen) atoms. The van der Waals surface area contributed by atoms with E-state index in [1.54, 1.807) is 31.2 Å². The molecule has 9 heteroatoms. The van der Waals surface area contributed by atoms with Gasteiger partial charge in [-0.2, -0.15) is 18.4 Å². The molecule has 0 aliphatic rings. The van der Waals surface area contributed by atoms with E-state index in [0.717, 1.165) is 5.56 Å². The highest BCUT2D eigenvalue weighted by Gasteiger charge is 2.42. The van der Waals surface area contributed by atoms with Crippen LogP contribution in [0.3, 0.4) is 0 Å². The average molecular weight is 548 g/mol. The second-order valence-corrected chi connectivity index (χ2v) is 8.55. The first-order valence-corrected chi connectivity index (χ1v) is 10.6. The van der Waals surface area contributed by atoms with Gasteiger partial charge in [-0.05, 0) is 68.5 Å². The number of nitrogens with zero attached hydrogens (tertiary/aromatic N) is 1. The largest absolute Gasteiger partial charge is 0.506 e. The summed E-state index contributed by atoms with van der Waals surface area (Å²) in [5.41, 5.74) is 1.36. The Morgan fingerprint density at radius 2 is 1.77 bits per heavy atom. The predicted octanol–water partition coefficient (Wildman–Crippen LogP) is 5.90. The molecule has 0 aliphatic heterocycles. The molecule has 0 spiro atoms. The van der Waals surface area contributed by atoms with Crippen molar-refractivity contribution in [2.45, 2.75) is 44.4 Å². The first-order chi connectivity index (χ1) is 14.0. The van der Waals surface area contributed by atoms with Crippen LogP contribution in [0.2, 0.25) is 0 Å². The molecule has 0 saturated carbocycles. The maximum Gasteiger partial charge on any atom is 0.407 e. The van der Waals surface area contributed by atoms with Gasteiger partial charge >= 0.3 is 6.18 Å². The van der Waals surface area contributed by atoms with Crippen molar-refractivity contribution in [3.05, 3.63) is 62.0 Å². The molecule has 0 radical (unpaired) electrons. The lowest BCUT2D eigenvalue weighted by molar-refractivity contribution is -0.160. The third kappa shape index (κ3) is 6.56. The monoisotopic (exact) mass is 546 g/mol. The lowest BCUT2D eigenvalue weighted by Crippen LogP contribution is -2.45. The summed E-state index contributed by atoms with van der Waals surface area (Å²) < 4.78 is 42.2. The number of carbonyl (C=O) groups excluding carboxylic acids is 1. The van der Waals surface area contributed by atoms with E-state index in [4.69, 9.17) is 5.26 Å². The topological polar surface area (TPSA) is 73.1 Å². The number of phenols is 1. The summed E-state index contributed by atoms with van der Waals surface area (Å²) in [6.45, 7) is 1.77. The average Bonchev–Trinajstić information content (AvgIpc) is 2.67. The first-order valence-electron chi connectivity index (χ1n) is 8.98. The molecule has 4 nitrogen and oxygen atoms in total. The normalized spacial score (nSPS) is 13.5. The Morgan fingerprint density at radius 1 is 1.20 bits per heavy atom. The van der Waals surface area contributed by atoms with Crippen LogP contribution in [0.25, 0.3) is 0 Å². The number of alkyl halides is 3. The zero-order valence-electron chi connectivity index (χ0n) is 15.9. The molecule has 0 aliphatic carbocycles. The lowest BCUT2D eigenvalue weighted by atomic mass is 9.96. The molecular formula is C21H19Br2F3N2O2. The first kappa shape index (κ1) is 24.4. The Hall–Kier alpha value is -1.89. The molecule has 2 N–H and O–H groups in total. The fourth-order valence-electron chi connectivity index (χ4n) is 2.93. The minimum absolute atomic E-state index is 0.000694.